The van der Waals surface area contributed by atoms with Crippen molar-refractivity contribution in [2.45, 2.75) is 13.6 Å². The van der Waals surface area contributed by atoms with Crippen LogP contribution in [-0.2, 0) is 13.7 Å². The number of halogens is 2. The van der Waals surface area contributed by atoms with Gasteiger partial charge in [0.05, 0.1) is 23.8 Å². The predicted octanol–water partition coefficient (Wildman–Crippen LogP) is 3.96. The normalized spacial score (nSPS) is 10.7. The summed E-state index contributed by atoms with van der Waals surface area (Å²) in [6.07, 6.45) is 6.38. The van der Waals surface area contributed by atoms with Gasteiger partial charge in [-0.25, -0.2) is 23.7 Å². The Morgan fingerprint density at radius 1 is 1.14 bits per heavy atom. The molecule has 0 aliphatic heterocycles. The van der Waals surface area contributed by atoms with Crippen LogP contribution in [0.5, 0.6) is 0 Å². The molecule has 3 heterocycles. The lowest BCUT2D eigenvalue weighted by atomic mass is 10.1. The van der Waals surface area contributed by atoms with Gasteiger partial charge in [-0.05, 0) is 54.8 Å². The molecule has 1 amide bonds. The van der Waals surface area contributed by atoms with E-state index in [-0.39, 0.29) is 11.1 Å². The lowest BCUT2D eigenvalue weighted by Gasteiger charge is -2.11. The van der Waals surface area contributed by atoms with Crippen LogP contribution >= 0.6 is 0 Å². The van der Waals surface area contributed by atoms with Gasteiger partial charge >= 0.3 is 0 Å². The molecule has 0 unspecified atom stereocenters. The highest BCUT2D eigenvalue weighted by molar-refractivity contribution is 6.04. The second-order valence-electron chi connectivity index (χ2n) is 8.19. The van der Waals surface area contributed by atoms with Gasteiger partial charge in [0.1, 0.15) is 24.5 Å². The summed E-state index contributed by atoms with van der Waals surface area (Å²) in [6.45, 7) is 1.14. The number of nitrogens with one attached hydrogen (secondary N) is 2. The number of hydrogen-bond donors (Lipinski definition) is 2. The Hall–Kier alpha value is -5.11. The molecular weight excluding hydrogens is 478 g/mol. The smallest absolute Gasteiger partial charge is 0.255 e. The third-order valence-corrected chi connectivity index (χ3v) is 5.56. The molecular formula is C26H20F2N8O. The maximum atomic E-state index is 14.5. The highest BCUT2D eigenvalue weighted by Gasteiger charge is 2.13. The Kier molecular flexibility index (Phi) is 6.30. The Morgan fingerprint density at radius 2 is 2.00 bits per heavy atom. The van der Waals surface area contributed by atoms with Crippen LogP contribution in [-0.4, -0.2) is 40.2 Å². The Labute approximate surface area is 210 Å². The fraction of sp³-hybridized carbons (Fsp3) is 0.115. The van der Waals surface area contributed by atoms with Crippen molar-refractivity contribution in [1.82, 2.24) is 34.3 Å². The number of nitrogens with zero attached hydrogens (tertiary/aromatic N) is 6. The molecule has 9 nitrogen and oxygen atoms in total. The van der Waals surface area contributed by atoms with Gasteiger partial charge in [-0.2, -0.15) is 5.10 Å². The van der Waals surface area contributed by atoms with Crippen molar-refractivity contribution in [2.75, 3.05) is 5.32 Å². The molecule has 184 valence electrons. The van der Waals surface area contributed by atoms with E-state index < -0.39 is 18.4 Å². The highest BCUT2D eigenvalue weighted by atomic mass is 19.1. The fourth-order valence-electron chi connectivity index (χ4n) is 3.68. The zero-order chi connectivity index (χ0) is 25.9. The summed E-state index contributed by atoms with van der Waals surface area (Å²) < 4.78 is 31.4. The van der Waals surface area contributed by atoms with Crippen LogP contribution in [0.3, 0.4) is 0 Å². The summed E-state index contributed by atoms with van der Waals surface area (Å²) in [7, 11) is 1.74. The molecule has 0 bridgehead atoms. The van der Waals surface area contributed by atoms with E-state index in [2.05, 4.69) is 42.3 Å². The van der Waals surface area contributed by atoms with Crippen LogP contribution < -0.4 is 5.32 Å². The monoisotopic (exact) mass is 498 g/mol. The molecule has 0 spiro atoms. The van der Waals surface area contributed by atoms with E-state index in [0.717, 1.165) is 5.69 Å². The minimum absolute atomic E-state index is 0.0420. The molecule has 0 radical (unpaired) electrons. The van der Waals surface area contributed by atoms with E-state index >= 15 is 0 Å². The van der Waals surface area contributed by atoms with Crippen LogP contribution in [0.15, 0.2) is 61.4 Å². The molecule has 5 aromatic rings. The molecule has 2 N–H and O–H groups in total. The second kappa shape index (κ2) is 9.87. The van der Waals surface area contributed by atoms with Crippen molar-refractivity contribution in [3.63, 3.8) is 0 Å². The molecule has 0 aliphatic carbocycles. The standard InChI is InChI=1S/C26H20F2N8O/c1-16-13-36(15-31-16)22-8-17(11-27)7-20(10-22)33-26(37)19-4-6-23(28)18(9-19)3-5-21-12-29-25(35(21)2)24-30-14-32-34-24/h4,6-10,12-15H,11H2,1-2H3,(H,33,37)(H,30,32,34). The molecule has 0 saturated carbocycles. The number of H-pyrrole nitrogens is 1. The number of carbonyl (C=O) groups excluding carboxylic acids is 1. The maximum absolute atomic E-state index is 14.5. The Balaban J connectivity index is 1.39. The second-order valence-corrected chi connectivity index (χ2v) is 8.19. The number of alkyl halides is 1. The number of anilines is 1. The highest BCUT2D eigenvalue weighted by Crippen LogP contribution is 2.21. The lowest BCUT2D eigenvalue weighted by molar-refractivity contribution is 0.102. The van der Waals surface area contributed by atoms with E-state index in [1.807, 2.05) is 6.92 Å². The van der Waals surface area contributed by atoms with Gasteiger partial charge in [0.2, 0.25) is 5.82 Å². The van der Waals surface area contributed by atoms with Crippen LogP contribution in [0.25, 0.3) is 17.3 Å². The molecule has 5 rings (SSSR count). The molecule has 2 aromatic carbocycles. The third-order valence-electron chi connectivity index (χ3n) is 5.56. The number of carbonyl (C=O) groups is 1. The van der Waals surface area contributed by atoms with Crippen molar-refractivity contribution in [1.29, 1.82) is 0 Å². The Morgan fingerprint density at radius 3 is 2.73 bits per heavy atom. The Bertz CT molecular complexity index is 1660. The van der Waals surface area contributed by atoms with Crippen LogP contribution in [0.4, 0.5) is 14.5 Å². The van der Waals surface area contributed by atoms with Crippen molar-refractivity contribution in [2.24, 2.45) is 7.05 Å². The van der Waals surface area contributed by atoms with E-state index in [9.17, 15) is 13.6 Å². The SMILES string of the molecule is Cc1cn(-c2cc(CF)cc(NC(=O)c3ccc(F)c(C#Cc4cnc(-c5nc[nH]n5)n4C)c3)c2)cn1. The topological polar surface area (TPSA) is 106 Å². The van der Waals surface area contributed by atoms with Gasteiger partial charge < -0.3 is 14.5 Å². The van der Waals surface area contributed by atoms with Crippen LogP contribution in [0.2, 0.25) is 0 Å². The van der Waals surface area contributed by atoms with Gasteiger partial charge in [0, 0.05) is 30.2 Å². The fourth-order valence-corrected chi connectivity index (χ4v) is 3.68. The summed E-state index contributed by atoms with van der Waals surface area (Å²) in [6, 6.07) is 8.83. The minimum atomic E-state index is -0.702. The zero-order valence-electron chi connectivity index (χ0n) is 19.8. The molecule has 37 heavy (non-hydrogen) atoms. The van der Waals surface area contributed by atoms with E-state index in [0.29, 0.717) is 34.3 Å². The van der Waals surface area contributed by atoms with Crippen molar-refractivity contribution in [3.05, 3.63) is 95.3 Å². The number of aromatic amines is 1. The molecule has 0 saturated heterocycles. The van der Waals surface area contributed by atoms with Crippen molar-refractivity contribution < 1.29 is 13.6 Å². The summed E-state index contributed by atoms with van der Waals surface area (Å²) in [5, 5.41) is 9.38. The summed E-state index contributed by atoms with van der Waals surface area (Å²) in [5.74, 6) is 5.49. The van der Waals surface area contributed by atoms with Crippen molar-refractivity contribution >= 4 is 11.6 Å². The van der Waals surface area contributed by atoms with Crippen molar-refractivity contribution in [3.8, 4) is 29.2 Å². The summed E-state index contributed by atoms with van der Waals surface area (Å²) in [5.41, 5.74) is 2.99. The first-order valence-corrected chi connectivity index (χ1v) is 11.1. The average molecular weight is 498 g/mol. The molecule has 0 atom stereocenters. The maximum Gasteiger partial charge on any atom is 0.255 e. The summed E-state index contributed by atoms with van der Waals surface area (Å²) >= 11 is 0. The summed E-state index contributed by atoms with van der Waals surface area (Å²) in [4.78, 5) is 25.5. The first kappa shape index (κ1) is 23.6. The zero-order valence-corrected chi connectivity index (χ0v) is 19.8. The first-order valence-electron chi connectivity index (χ1n) is 11.1. The van der Waals surface area contributed by atoms with E-state index in [1.165, 1.54) is 30.7 Å². The third kappa shape index (κ3) is 4.99. The van der Waals surface area contributed by atoms with Gasteiger partial charge in [-0.3, -0.25) is 9.89 Å². The van der Waals surface area contributed by atoms with Crippen LogP contribution in [0.1, 0.15) is 32.9 Å². The molecule has 3 aromatic heterocycles. The molecule has 0 aliphatic rings. The lowest BCUT2D eigenvalue weighted by Crippen LogP contribution is -2.13. The number of imidazole rings is 2. The van der Waals surface area contributed by atoms with Gasteiger partial charge in [-0.1, -0.05) is 5.92 Å². The first-order chi connectivity index (χ1) is 17.9. The van der Waals surface area contributed by atoms with E-state index in [1.54, 1.807) is 46.9 Å². The number of rotatable bonds is 5. The minimum Gasteiger partial charge on any atom is -0.322 e. The van der Waals surface area contributed by atoms with Gasteiger partial charge in [0.25, 0.3) is 5.91 Å². The quantitative estimate of drug-likeness (QED) is 0.357. The largest absolute Gasteiger partial charge is 0.322 e. The predicted molar refractivity (Wildman–Crippen MR) is 132 cm³/mol. The number of hydrogen-bond acceptors (Lipinski definition) is 5. The van der Waals surface area contributed by atoms with Gasteiger partial charge in [0.15, 0.2) is 5.82 Å². The number of aromatic nitrogens is 7. The van der Waals surface area contributed by atoms with Gasteiger partial charge in [-0.15, -0.1) is 0 Å². The van der Waals surface area contributed by atoms with Crippen LogP contribution in [0, 0.1) is 24.6 Å². The molecule has 0 fully saturated rings. The average Bonchev–Trinajstić information content (AvgIpc) is 3.65. The number of benzene rings is 2. The van der Waals surface area contributed by atoms with E-state index in [4.69, 9.17) is 0 Å². The number of amides is 1. The molecule has 11 heteroatoms. The number of aryl methyl sites for hydroxylation is 1.